The molecule has 0 saturated carbocycles. The average molecular weight is 951 g/mol. The van der Waals surface area contributed by atoms with Gasteiger partial charge in [0.1, 0.15) is 30.5 Å². The molecule has 1 fully saturated rings. The average Bonchev–Trinajstić information content (AvgIpc) is 3.29. The highest BCUT2D eigenvalue weighted by atomic mass is 32.3. The molecule has 0 amide bonds. The van der Waals surface area contributed by atoms with Crippen molar-refractivity contribution in [3.8, 4) is 0 Å². The highest BCUT2D eigenvalue weighted by molar-refractivity contribution is 7.80. The third kappa shape index (κ3) is 36.3. The van der Waals surface area contributed by atoms with Crippen LogP contribution in [0.3, 0.4) is 0 Å². The van der Waals surface area contributed by atoms with Crippen LogP contribution in [0.25, 0.3) is 0 Å². The topological polar surface area (TPSA) is 178 Å². The molecule has 0 aliphatic carbocycles. The zero-order valence-electron chi connectivity index (χ0n) is 40.7. The summed E-state index contributed by atoms with van der Waals surface area (Å²) in [4.78, 5) is 12.9. The predicted octanol–water partition coefficient (Wildman–Crippen LogP) is 11.6. The Morgan fingerprint density at radius 3 is 1.55 bits per heavy atom. The Balaban J connectivity index is 2.41. The first-order valence-corrected chi connectivity index (χ1v) is 26.7. The van der Waals surface area contributed by atoms with Crippen molar-refractivity contribution in [2.75, 3.05) is 26.4 Å². The molecule has 1 saturated heterocycles. The molecule has 4 N–H and O–H groups in total. The number of esters is 1. The summed E-state index contributed by atoms with van der Waals surface area (Å²) in [6, 6.07) is 0. The number of carbonyl (C=O) groups excluding carboxylic acids is 1. The van der Waals surface area contributed by atoms with Crippen LogP contribution in [0.2, 0.25) is 0 Å². The fourth-order valence-corrected chi connectivity index (χ4v) is 7.71. The Morgan fingerprint density at radius 2 is 1.05 bits per heavy atom. The van der Waals surface area contributed by atoms with E-state index in [9.17, 15) is 33.1 Å². The van der Waals surface area contributed by atoms with Gasteiger partial charge in [0.2, 0.25) is 0 Å². The summed E-state index contributed by atoms with van der Waals surface area (Å²) in [6.45, 7) is 3.82. The standard InChI is InChI=1S/C53H90O12S/c1-3-5-7-9-11-13-15-17-19-21-22-23-24-25-26-27-28-30-32-34-36-38-40-42-49(55)63-47(46-62-53-51(57)52(65-66(58,59)60)50(56)48(44-54)64-53)45-61-43-41-39-37-35-33-31-29-20-18-16-14-12-10-8-6-4-2/h5,7,11,13,17-20,22-23,25-26,28,30,47-48,50-54,56-57H,3-4,6,8-10,12,14-16,21,24,27,29,31-46H2,1-2H3,(H,58,59,60)/b7-5-,13-11-,19-17-,20-18-,23-22-,26-25-,30-28-. The lowest BCUT2D eigenvalue weighted by Gasteiger charge is -2.41. The largest absolute Gasteiger partial charge is 0.457 e. The monoisotopic (exact) mass is 951 g/mol. The maximum atomic E-state index is 12.9. The van der Waals surface area contributed by atoms with E-state index in [0.29, 0.717) is 13.0 Å². The van der Waals surface area contributed by atoms with Gasteiger partial charge < -0.3 is 34.3 Å². The molecule has 13 heteroatoms. The summed E-state index contributed by atoms with van der Waals surface area (Å²) < 4.78 is 59.2. The van der Waals surface area contributed by atoms with Crippen molar-refractivity contribution in [3.05, 3.63) is 85.1 Å². The first kappa shape index (κ1) is 61.3. The second kappa shape index (κ2) is 43.6. The highest BCUT2D eigenvalue weighted by Gasteiger charge is 2.48. The summed E-state index contributed by atoms with van der Waals surface area (Å²) in [6.07, 6.45) is 48.9. The minimum Gasteiger partial charge on any atom is -0.457 e. The third-order valence-corrected chi connectivity index (χ3v) is 11.5. The van der Waals surface area contributed by atoms with Crippen molar-refractivity contribution in [1.29, 1.82) is 0 Å². The molecule has 66 heavy (non-hydrogen) atoms. The number of aliphatic hydroxyl groups excluding tert-OH is 3. The zero-order chi connectivity index (χ0) is 48.2. The zero-order valence-corrected chi connectivity index (χ0v) is 41.5. The van der Waals surface area contributed by atoms with E-state index in [1.54, 1.807) is 0 Å². The smallest absolute Gasteiger partial charge is 0.397 e. The van der Waals surface area contributed by atoms with Gasteiger partial charge in [0.15, 0.2) is 6.29 Å². The first-order valence-electron chi connectivity index (χ1n) is 25.3. The van der Waals surface area contributed by atoms with E-state index in [2.05, 4.69) is 103 Å². The molecule has 380 valence electrons. The van der Waals surface area contributed by atoms with Crippen molar-refractivity contribution in [2.24, 2.45) is 0 Å². The summed E-state index contributed by atoms with van der Waals surface area (Å²) in [5.74, 6) is -0.428. The summed E-state index contributed by atoms with van der Waals surface area (Å²) in [7, 11) is -5.07. The Morgan fingerprint density at radius 1 is 0.591 bits per heavy atom. The lowest BCUT2D eigenvalue weighted by atomic mass is 9.99. The molecule has 0 bridgehead atoms. The van der Waals surface area contributed by atoms with E-state index in [1.807, 2.05) is 0 Å². The third-order valence-electron chi connectivity index (χ3n) is 11.0. The van der Waals surface area contributed by atoms with Gasteiger partial charge >= 0.3 is 16.4 Å². The van der Waals surface area contributed by atoms with Gasteiger partial charge in [-0.3, -0.25) is 9.35 Å². The van der Waals surface area contributed by atoms with Gasteiger partial charge in [-0.1, -0.05) is 170 Å². The van der Waals surface area contributed by atoms with Gasteiger partial charge in [0.25, 0.3) is 0 Å². The molecule has 1 aliphatic heterocycles. The van der Waals surface area contributed by atoms with Gasteiger partial charge in [0, 0.05) is 13.0 Å². The molecule has 1 heterocycles. The Labute approximate surface area is 400 Å². The van der Waals surface area contributed by atoms with Crippen LogP contribution >= 0.6 is 0 Å². The van der Waals surface area contributed by atoms with Crippen LogP contribution < -0.4 is 0 Å². The van der Waals surface area contributed by atoms with Gasteiger partial charge in [-0.05, 0) is 89.9 Å². The summed E-state index contributed by atoms with van der Waals surface area (Å²) in [5.41, 5.74) is 0. The van der Waals surface area contributed by atoms with Crippen LogP contribution in [0.1, 0.15) is 181 Å². The summed E-state index contributed by atoms with van der Waals surface area (Å²) in [5, 5.41) is 30.7. The Bertz CT molecular complexity index is 1470. The molecule has 0 spiro atoms. The SMILES string of the molecule is CC/C=C\C/C=C\C/C=C\C/C=C\C/C=C\C/C=C\CCCCCCC(=O)OC(COCCCCCCCC/C=C\CCCCCCCC)COC1OC(CO)C(O)C(OS(=O)(=O)O)C1O. The molecule has 1 aliphatic rings. The van der Waals surface area contributed by atoms with E-state index in [4.69, 9.17) is 18.9 Å². The van der Waals surface area contributed by atoms with Crippen molar-refractivity contribution in [1.82, 2.24) is 0 Å². The normalized spacial score (nSPS) is 20.2. The number of aliphatic hydroxyl groups is 3. The second-order valence-electron chi connectivity index (χ2n) is 17.0. The minimum atomic E-state index is -5.07. The lowest BCUT2D eigenvalue weighted by Crippen LogP contribution is -2.60. The van der Waals surface area contributed by atoms with Crippen molar-refractivity contribution < 1.29 is 56.2 Å². The van der Waals surface area contributed by atoms with E-state index in [1.165, 1.54) is 57.8 Å². The number of allylic oxidation sites excluding steroid dienone is 14. The summed E-state index contributed by atoms with van der Waals surface area (Å²) >= 11 is 0. The van der Waals surface area contributed by atoms with Crippen LogP contribution in [0, 0.1) is 0 Å². The second-order valence-corrected chi connectivity index (χ2v) is 18.1. The van der Waals surface area contributed by atoms with Gasteiger partial charge in [-0.15, -0.1) is 0 Å². The molecule has 0 radical (unpaired) electrons. The van der Waals surface area contributed by atoms with Crippen molar-refractivity contribution >= 4 is 16.4 Å². The quantitative estimate of drug-likeness (QED) is 0.0197. The first-order chi connectivity index (χ1) is 32.1. The molecule has 6 atom stereocenters. The number of rotatable bonds is 43. The maximum absolute atomic E-state index is 12.9. The molecule has 0 aromatic rings. The Hall–Kier alpha value is -2.72. The van der Waals surface area contributed by atoms with Crippen molar-refractivity contribution in [3.63, 3.8) is 0 Å². The van der Waals surface area contributed by atoms with Crippen molar-refractivity contribution in [2.45, 2.75) is 218 Å². The number of hydrogen-bond acceptors (Lipinski definition) is 11. The molecule has 0 aromatic heterocycles. The number of carbonyl (C=O) groups is 1. The lowest BCUT2D eigenvalue weighted by molar-refractivity contribution is -0.301. The number of hydrogen-bond donors (Lipinski definition) is 4. The molecule has 1 rings (SSSR count). The van der Waals surface area contributed by atoms with Crippen LogP contribution in [0.4, 0.5) is 0 Å². The molecule has 6 unspecified atom stereocenters. The van der Waals surface area contributed by atoms with E-state index < -0.39 is 59.8 Å². The van der Waals surface area contributed by atoms with Crippen LogP contribution in [0.15, 0.2) is 85.1 Å². The minimum absolute atomic E-state index is 0.0165. The van der Waals surface area contributed by atoms with Gasteiger partial charge in [-0.2, -0.15) is 8.42 Å². The van der Waals surface area contributed by atoms with E-state index in [-0.39, 0.29) is 19.6 Å². The number of unbranched alkanes of at least 4 members (excludes halogenated alkanes) is 16. The number of ether oxygens (including phenoxy) is 4. The van der Waals surface area contributed by atoms with Crippen LogP contribution in [0.5, 0.6) is 0 Å². The van der Waals surface area contributed by atoms with Gasteiger partial charge in [-0.25, -0.2) is 4.18 Å². The van der Waals surface area contributed by atoms with Crippen LogP contribution in [-0.4, -0.2) is 97.5 Å². The molecular formula is C53H90O12S. The van der Waals surface area contributed by atoms with Gasteiger partial charge in [0.05, 0.1) is 19.8 Å². The van der Waals surface area contributed by atoms with E-state index in [0.717, 1.165) is 96.3 Å². The molecular weight excluding hydrogens is 861 g/mol. The molecule has 0 aromatic carbocycles. The Kier molecular flexibility index (Phi) is 40.4. The predicted molar refractivity (Wildman–Crippen MR) is 266 cm³/mol. The fourth-order valence-electron chi connectivity index (χ4n) is 7.20. The van der Waals surface area contributed by atoms with E-state index >= 15 is 0 Å². The maximum Gasteiger partial charge on any atom is 0.397 e. The fraction of sp³-hybridized carbons (Fsp3) is 0.717. The molecule has 12 nitrogen and oxygen atoms in total. The highest BCUT2D eigenvalue weighted by Crippen LogP contribution is 2.26. The van der Waals surface area contributed by atoms with Crippen LogP contribution in [-0.2, 0) is 38.3 Å².